The molecule has 0 atom stereocenters. The molecule has 0 fully saturated rings. The van der Waals surface area contributed by atoms with Gasteiger partial charge in [0.25, 0.3) is 0 Å². The summed E-state index contributed by atoms with van der Waals surface area (Å²) in [4.78, 5) is 6.13. The Morgan fingerprint density at radius 2 is 1.82 bits per heavy atom. The number of phenolic OH excluding ortho intramolecular Hbond substituents is 1. The highest BCUT2D eigenvalue weighted by molar-refractivity contribution is 14.1. The number of halogens is 3. The first-order valence-corrected chi connectivity index (χ1v) is 12.1. The van der Waals surface area contributed by atoms with Gasteiger partial charge in [-0.15, -0.1) is 11.3 Å². The number of aromatic nitrogens is 1. The Bertz CT molecular complexity index is 981. The zero-order valence-corrected chi connectivity index (χ0v) is 21.7. The van der Waals surface area contributed by atoms with Crippen molar-refractivity contribution in [2.75, 3.05) is 5.32 Å². The minimum absolute atomic E-state index is 0.0438. The number of hydrogen-bond acceptors (Lipinski definition) is 4. The number of nitrogens with zero attached hydrogens (tertiary/aromatic N) is 1. The van der Waals surface area contributed by atoms with Crippen LogP contribution in [0.5, 0.6) is 5.75 Å². The van der Waals surface area contributed by atoms with Gasteiger partial charge in [-0.1, -0.05) is 44.5 Å². The predicted molar refractivity (Wildman–Crippen MR) is 136 cm³/mol. The van der Waals surface area contributed by atoms with Crippen molar-refractivity contribution >= 4 is 73.3 Å². The first kappa shape index (κ1) is 22.1. The molecule has 28 heavy (non-hydrogen) atoms. The van der Waals surface area contributed by atoms with Crippen LogP contribution in [0.4, 0.5) is 5.13 Å². The molecule has 1 aromatic heterocycles. The third-order valence-corrected chi connectivity index (χ3v) is 6.93. The molecule has 0 aliphatic heterocycles. The summed E-state index contributed by atoms with van der Waals surface area (Å²) in [6, 6.07) is 11.9. The van der Waals surface area contributed by atoms with Gasteiger partial charge in [0.05, 0.1) is 9.26 Å². The first-order valence-electron chi connectivity index (χ1n) is 8.79. The lowest BCUT2D eigenvalue weighted by Crippen LogP contribution is -2.14. The number of rotatable bonds is 5. The van der Waals surface area contributed by atoms with Gasteiger partial charge in [0.15, 0.2) is 5.13 Å². The van der Waals surface area contributed by atoms with E-state index in [9.17, 15) is 5.11 Å². The van der Waals surface area contributed by atoms with Gasteiger partial charge in [-0.25, -0.2) is 4.98 Å². The van der Waals surface area contributed by atoms with E-state index in [1.165, 1.54) is 10.4 Å². The summed E-state index contributed by atoms with van der Waals surface area (Å²) >= 11 is 12.1. The molecule has 2 aromatic carbocycles. The number of hydrogen-bond donors (Lipinski definition) is 2. The summed E-state index contributed by atoms with van der Waals surface area (Å²) in [7, 11) is 0. The van der Waals surface area contributed by atoms with Crippen LogP contribution in [0.1, 0.15) is 42.5 Å². The van der Waals surface area contributed by atoms with E-state index >= 15 is 0 Å². The molecule has 0 aliphatic carbocycles. The molecular weight excluding hydrogens is 618 g/mol. The molecule has 0 amide bonds. The van der Waals surface area contributed by atoms with Crippen LogP contribution in [0.25, 0.3) is 0 Å². The van der Waals surface area contributed by atoms with Crippen LogP contribution >= 0.6 is 68.1 Å². The second-order valence-corrected chi connectivity index (χ2v) is 11.5. The topological polar surface area (TPSA) is 45.2 Å². The predicted octanol–water partition coefficient (Wildman–Crippen LogP) is 7.21. The van der Waals surface area contributed by atoms with Gasteiger partial charge in [-0.3, -0.25) is 0 Å². The highest BCUT2D eigenvalue weighted by Crippen LogP contribution is 2.35. The normalized spacial score (nSPS) is 11.6. The molecule has 3 nitrogen and oxygen atoms in total. The van der Waals surface area contributed by atoms with E-state index in [1.807, 2.05) is 24.3 Å². The number of benzene rings is 2. The summed E-state index contributed by atoms with van der Waals surface area (Å²) in [5.41, 5.74) is 3.16. The molecule has 0 radical (unpaired) electrons. The van der Waals surface area contributed by atoms with Gasteiger partial charge in [0.1, 0.15) is 5.75 Å². The Morgan fingerprint density at radius 3 is 2.46 bits per heavy atom. The van der Waals surface area contributed by atoms with Crippen LogP contribution in [0.15, 0.2) is 36.4 Å². The SMILES string of the molecule is CC(C)(C)c1nc(NCc2cc(I)cc(I)c2O)sc1Cc1ccc(Cl)cc1. The Kier molecular flexibility index (Phi) is 7.15. The first-order chi connectivity index (χ1) is 13.1. The average Bonchev–Trinajstić information content (AvgIpc) is 3.02. The fourth-order valence-electron chi connectivity index (χ4n) is 2.85. The van der Waals surface area contributed by atoms with Crippen LogP contribution < -0.4 is 5.32 Å². The molecule has 7 heteroatoms. The van der Waals surface area contributed by atoms with Gasteiger partial charge < -0.3 is 10.4 Å². The quantitative estimate of drug-likeness (QED) is 0.291. The molecular formula is C21H21ClI2N2OS. The maximum atomic E-state index is 10.3. The largest absolute Gasteiger partial charge is 0.506 e. The molecule has 0 bridgehead atoms. The van der Waals surface area contributed by atoms with E-state index in [1.54, 1.807) is 11.3 Å². The van der Waals surface area contributed by atoms with Crippen LogP contribution in [0.3, 0.4) is 0 Å². The van der Waals surface area contributed by atoms with E-state index in [2.05, 4.69) is 83.4 Å². The smallest absolute Gasteiger partial charge is 0.183 e. The molecule has 0 spiro atoms. The van der Waals surface area contributed by atoms with E-state index in [0.717, 1.165) is 35.0 Å². The van der Waals surface area contributed by atoms with Crippen molar-refractivity contribution in [2.45, 2.75) is 39.2 Å². The minimum Gasteiger partial charge on any atom is -0.506 e. The Balaban J connectivity index is 1.84. The summed E-state index contributed by atoms with van der Waals surface area (Å²) in [6.07, 6.45) is 0.829. The molecule has 0 saturated carbocycles. The Morgan fingerprint density at radius 1 is 1.14 bits per heavy atom. The number of anilines is 1. The zero-order valence-electron chi connectivity index (χ0n) is 15.8. The number of nitrogens with one attached hydrogen (secondary N) is 1. The van der Waals surface area contributed by atoms with Gasteiger partial charge in [-0.2, -0.15) is 0 Å². The third-order valence-electron chi connectivity index (χ3n) is 4.22. The van der Waals surface area contributed by atoms with Gasteiger partial charge in [0.2, 0.25) is 0 Å². The van der Waals surface area contributed by atoms with E-state index < -0.39 is 0 Å². The van der Waals surface area contributed by atoms with Crippen molar-refractivity contribution < 1.29 is 5.11 Å². The Hall–Kier alpha value is -0.580. The van der Waals surface area contributed by atoms with Gasteiger partial charge in [0, 0.05) is 37.4 Å². The molecule has 0 aliphatic rings. The summed E-state index contributed by atoms with van der Waals surface area (Å²) in [5, 5.41) is 15.4. The monoisotopic (exact) mass is 638 g/mol. The standard InChI is InChI=1S/C21H21ClI2N2OS/c1-21(2,3)19-17(8-12-4-6-14(22)7-5-12)28-20(26-19)25-11-13-9-15(23)10-16(24)18(13)27/h4-7,9-10,27H,8,11H2,1-3H3,(H,25,26). The maximum Gasteiger partial charge on any atom is 0.183 e. The fraction of sp³-hybridized carbons (Fsp3) is 0.286. The molecule has 0 unspecified atom stereocenters. The van der Waals surface area contributed by atoms with Crippen LogP contribution in [0.2, 0.25) is 5.02 Å². The van der Waals surface area contributed by atoms with Crippen LogP contribution in [-0.4, -0.2) is 10.1 Å². The summed E-state index contributed by atoms with van der Waals surface area (Å²) in [5.74, 6) is 0.336. The summed E-state index contributed by atoms with van der Waals surface area (Å²) < 4.78 is 1.97. The maximum absolute atomic E-state index is 10.3. The number of phenols is 1. The lowest BCUT2D eigenvalue weighted by Gasteiger charge is -2.17. The minimum atomic E-state index is -0.0438. The second kappa shape index (κ2) is 9.06. The number of aromatic hydroxyl groups is 1. The molecule has 1 heterocycles. The van der Waals surface area contributed by atoms with Crippen molar-refractivity contribution in [3.8, 4) is 5.75 Å². The molecule has 0 saturated heterocycles. The van der Waals surface area contributed by atoms with E-state index in [0.29, 0.717) is 12.3 Å². The molecule has 2 N–H and O–H groups in total. The van der Waals surface area contributed by atoms with Crippen molar-refractivity contribution in [3.63, 3.8) is 0 Å². The third kappa shape index (κ3) is 5.52. The highest BCUT2D eigenvalue weighted by Gasteiger charge is 2.23. The van der Waals surface area contributed by atoms with Crippen LogP contribution in [0, 0.1) is 7.14 Å². The van der Waals surface area contributed by atoms with Crippen molar-refractivity contribution in [1.29, 1.82) is 0 Å². The molecule has 3 aromatic rings. The van der Waals surface area contributed by atoms with Crippen molar-refractivity contribution in [3.05, 3.63) is 70.3 Å². The van der Waals surface area contributed by atoms with Crippen molar-refractivity contribution in [1.82, 2.24) is 4.98 Å². The van der Waals surface area contributed by atoms with Crippen molar-refractivity contribution in [2.24, 2.45) is 0 Å². The Labute approximate surface area is 202 Å². The molecule has 148 valence electrons. The second-order valence-electron chi connectivity index (χ2n) is 7.59. The van der Waals surface area contributed by atoms with Crippen LogP contribution in [-0.2, 0) is 18.4 Å². The highest BCUT2D eigenvalue weighted by atomic mass is 127. The average molecular weight is 639 g/mol. The fourth-order valence-corrected chi connectivity index (χ4v) is 6.14. The van der Waals surface area contributed by atoms with E-state index in [-0.39, 0.29) is 5.41 Å². The lowest BCUT2D eigenvalue weighted by atomic mass is 9.90. The van der Waals surface area contributed by atoms with Gasteiger partial charge in [-0.05, 0) is 75.0 Å². The lowest BCUT2D eigenvalue weighted by molar-refractivity contribution is 0.465. The molecule has 3 rings (SSSR count). The number of thiazole rings is 1. The van der Waals surface area contributed by atoms with Gasteiger partial charge >= 0.3 is 0 Å². The summed E-state index contributed by atoms with van der Waals surface area (Å²) in [6.45, 7) is 7.09. The zero-order chi connectivity index (χ0) is 20.5. The van der Waals surface area contributed by atoms with E-state index in [4.69, 9.17) is 16.6 Å².